The van der Waals surface area contributed by atoms with Crippen molar-refractivity contribution in [2.24, 2.45) is 0 Å². The van der Waals surface area contributed by atoms with Crippen molar-refractivity contribution in [3.8, 4) is 0 Å². The van der Waals surface area contributed by atoms with E-state index in [-0.39, 0.29) is 0 Å². The van der Waals surface area contributed by atoms with Crippen LogP contribution < -0.4 is 10.6 Å². The molecule has 1 heterocycles. The zero-order valence-corrected chi connectivity index (χ0v) is 17.8. The predicted molar refractivity (Wildman–Crippen MR) is 119 cm³/mol. The standard InChI is InChI=1S/C19H17Cl3N4S/c1-11-18(24-19(27)23-17-6-4-3-5-15(17)21)12(2)26(25-11)10-13-7-8-14(20)16(22)9-13/h3-9H,10H2,1-2H3,(H2,23,24,27). The topological polar surface area (TPSA) is 41.9 Å². The maximum Gasteiger partial charge on any atom is 0.175 e. The molecule has 0 fully saturated rings. The molecule has 4 nitrogen and oxygen atoms in total. The second-order valence-electron chi connectivity index (χ2n) is 6.01. The van der Waals surface area contributed by atoms with E-state index in [0.29, 0.717) is 26.7 Å². The van der Waals surface area contributed by atoms with Gasteiger partial charge in [0.05, 0.1) is 44.4 Å². The summed E-state index contributed by atoms with van der Waals surface area (Å²) in [5, 5.41) is 13.0. The van der Waals surface area contributed by atoms with Crippen molar-refractivity contribution in [1.82, 2.24) is 9.78 Å². The first-order valence-corrected chi connectivity index (χ1v) is 9.70. The molecule has 140 valence electrons. The summed E-state index contributed by atoms with van der Waals surface area (Å²) in [5.41, 5.74) is 4.42. The molecule has 0 bridgehead atoms. The van der Waals surface area contributed by atoms with Gasteiger partial charge in [-0.05, 0) is 55.9 Å². The Kier molecular flexibility index (Phi) is 6.27. The number of benzene rings is 2. The van der Waals surface area contributed by atoms with Gasteiger partial charge in [-0.15, -0.1) is 0 Å². The van der Waals surface area contributed by atoms with E-state index in [2.05, 4.69) is 15.7 Å². The molecule has 0 amide bonds. The van der Waals surface area contributed by atoms with Crippen molar-refractivity contribution in [2.45, 2.75) is 20.4 Å². The Bertz CT molecular complexity index is 1000. The number of hydrogen-bond acceptors (Lipinski definition) is 2. The zero-order chi connectivity index (χ0) is 19.6. The van der Waals surface area contributed by atoms with Crippen LogP contribution in [0.3, 0.4) is 0 Å². The van der Waals surface area contributed by atoms with Gasteiger partial charge in [0.2, 0.25) is 0 Å². The third kappa shape index (κ3) is 4.74. The van der Waals surface area contributed by atoms with Crippen LogP contribution in [0.5, 0.6) is 0 Å². The normalized spacial score (nSPS) is 10.7. The molecule has 0 radical (unpaired) electrons. The highest BCUT2D eigenvalue weighted by molar-refractivity contribution is 7.80. The van der Waals surface area contributed by atoms with Crippen LogP contribution in [0.2, 0.25) is 15.1 Å². The first-order valence-electron chi connectivity index (χ1n) is 8.15. The molecule has 0 aliphatic heterocycles. The average Bonchev–Trinajstić information content (AvgIpc) is 2.88. The van der Waals surface area contributed by atoms with Gasteiger partial charge in [-0.25, -0.2) is 0 Å². The number of nitrogens with zero attached hydrogens (tertiary/aromatic N) is 2. The lowest BCUT2D eigenvalue weighted by molar-refractivity contribution is 0.659. The number of anilines is 2. The first kappa shape index (κ1) is 20.0. The van der Waals surface area contributed by atoms with Crippen LogP contribution in [-0.2, 0) is 6.54 Å². The van der Waals surface area contributed by atoms with Gasteiger partial charge in [0, 0.05) is 0 Å². The minimum atomic E-state index is 0.448. The quantitative estimate of drug-likeness (QED) is 0.467. The summed E-state index contributed by atoms with van der Waals surface area (Å²) in [6, 6.07) is 13.0. The van der Waals surface area contributed by atoms with E-state index >= 15 is 0 Å². The van der Waals surface area contributed by atoms with Crippen molar-refractivity contribution in [3.63, 3.8) is 0 Å². The van der Waals surface area contributed by atoms with Gasteiger partial charge < -0.3 is 10.6 Å². The molecule has 1 aromatic heterocycles. The molecular weight excluding hydrogens is 423 g/mol. The second kappa shape index (κ2) is 8.48. The monoisotopic (exact) mass is 438 g/mol. The van der Waals surface area contributed by atoms with Gasteiger partial charge in [-0.2, -0.15) is 5.10 Å². The second-order valence-corrected chi connectivity index (χ2v) is 7.64. The highest BCUT2D eigenvalue weighted by atomic mass is 35.5. The lowest BCUT2D eigenvalue weighted by Crippen LogP contribution is -2.20. The Morgan fingerprint density at radius 3 is 2.44 bits per heavy atom. The fourth-order valence-corrected chi connectivity index (χ4v) is 3.39. The minimum absolute atomic E-state index is 0.448. The molecular formula is C19H17Cl3N4S. The van der Waals surface area contributed by atoms with Crippen molar-refractivity contribution in [3.05, 3.63) is 74.5 Å². The number of thiocarbonyl (C=S) groups is 1. The van der Waals surface area contributed by atoms with Crippen molar-refractivity contribution >= 4 is 63.5 Å². The number of halogens is 3. The van der Waals surface area contributed by atoms with Crippen molar-refractivity contribution in [2.75, 3.05) is 10.6 Å². The van der Waals surface area contributed by atoms with Crippen LogP contribution in [-0.4, -0.2) is 14.9 Å². The molecule has 2 aromatic carbocycles. The molecule has 0 unspecified atom stereocenters. The van der Waals surface area contributed by atoms with E-state index in [1.165, 1.54) is 0 Å². The smallest absolute Gasteiger partial charge is 0.175 e. The van der Waals surface area contributed by atoms with Crippen LogP contribution in [0.25, 0.3) is 0 Å². The molecule has 2 N–H and O–H groups in total. The molecule has 27 heavy (non-hydrogen) atoms. The lowest BCUT2D eigenvalue weighted by Gasteiger charge is -2.12. The fourth-order valence-electron chi connectivity index (χ4n) is 2.67. The summed E-state index contributed by atoms with van der Waals surface area (Å²) in [6.45, 7) is 4.49. The maximum absolute atomic E-state index is 6.17. The predicted octanol–water partition coefficient (Wildman–Crippen LogP) is 6.32. The first-order chi connectivity index (χ1) is 12.8. The summed E-state index contributed by atoms with van der Waals surface area (Å²) in [6.07, 6.45) is 0. The van der Waals surface area contributed by atoms with E-state index in [1.54, 1.807) is 12.1 Å². The number of aromatic nitrogens is 2. The summed E-state index contributed by atoms with van der Waals surface area (Å²) >= 11 is 23.7. The van der Waals surface area contributed by atoms with Crippen molar-refractivity contribution < 1.29 is 0 Å². The molecule has 0 aliphatic carbocycles. The van der Waals surface area contributed by atoms with Crippen LogP contribution >= 0.6 is 47.0 Å². The highest BCUT2D eigenvalue weighted by Gasteiger charge is 2.14. The Labute approximate surface area is 178 Å². The number of nitrogens with one attached hydrogen (secondary N) is 2. The minimum Gasteiger partial charge on any atom is -0.331 e. The molecule has 0 atom stereocenters. The average molecular weight is 440 g/mol. The van der Waals surface area contributed by atoms with Crippen LogP contribution in [0, 0.1) is 13.8 Å². The molecule has 3 aromatic rings. The summed E-state index contributed by atoms with van der Waals surface area (Å²) < 4.78 is 1.90. The summed E-state index contributed by atoms with van der Waals surface area (Å²) in [4.78, 5) is 0. The number of hydrogen-bond donors (Lipinski definition) is 2. The zero-order valence-electron chi connectivity index (χ0n) is 14.7. The Morgan fingerprint density at radius 2 is 1.74 bits per heavy atom. The molecule has 0 saturated carbocycles. The molecule has 3 rings (SSSR count). The van der Waals surface area contributed by atoms with Crippen LogP contribution in [0.1, 0.15) is 17.0 Å². The van der Waals surface area contributed by atoms with Crippen LogP contribution in [0.4, 0.5) is 11.4 Å². The van der Waals surface area contributed by atoms with Gasteiger partial charge in [-0.3, -0.25) is 4.68 Å². The lowest BCUT2D eigenvalue weighted by atomic mass is 10.2. The van der Waals surface area contributed by atoms with Crippen LogP contribution in [0.15, 0.2) is 42.5 Å². The van der Waals surface area contributed by atoms with Gasteiger partial charge >= 0.3 is 0 Å². The van der Waals surface area contributed by atoms with Gasteiger partial charge in [0.15, 0.2) is 5.11 Å². The SMILES string of the molecule is Cc1nn(Cc2ccc(Cl)c(Cl)c2)c(C)c1NC(=S)Nc1ccccc1Cl. The van der Waals surface area contributed by atoms with E-state index in [1.807, 2.05) is 48.9 Å². The number of aryl methyl sites for hydroxylation is 1. The fraction of sp³-hybridized carbons (Fsp3) is 0.158. The van der Waals surface area contributed by atoms with E-state index in [4.69, 9.17) is 47.0 Å². The van der Waals surface area contributed by atoms with Gasteiger partial charge in [-0.1, -0.05) is 53.0 Å². The van der Waals surface area contributed by atoms with E-state index < -0.39 is 0 Å². The highest BCUT2D eigenvalue weighted by Crippen LogP contribution is 2.26. The largest absolute Gasteiger partial charge is 0.331 e. The maximum atomic E-state index is 6.17. The molecule has 0 saturated heterocycles. The Balaban J connectivity index is 1.76. The number of rotatable bonds is 4. The van der Waals surface area contributed by atoms with Gasteiger partial charge in [0.1, 0.15) is 0 Å². The van der Waals surface area contributed by atoms with E-state index in [0.717, 1.165) is 28.3 Å². The summed E-state index contributed by atoms with van der Waals surface area (Å²) in [7, 11) is 0. The Hall–Kier alpha value is -1.79. The third-order valence-electron chi connectivity index (χ3n) is 4.06. The third-order valence-corrected chi connectivity index (χ3v) is 5.33. The van der Waals surface area contributed by atoms with E-state index in [9.17, 15) is 0 Å². The van der Waals surface area contributed by atoms with Gasteiger partial charge in [0.25, 0.3) is 0 Å². The molecule has 0 spiro atoms. The number of para-hydroxylation sites is 1. The Morgan fingerprint density at radius 1 is 1.00 bits per heavy atom. The van der Waals surface area contributed by atoms with Crippen molar-refractivity contribution in [1.29, 1.82) is 0 Å². The molecule has 8 heteroatoms. The molecule has 0 aliphatic rings. The summed E-state index contributed by atoms with van der Waals surface area (Å²) in [5.74, 6) is 0.